The van der Waals surface area contributed by atoms with Crippen molar-refractivity contribution in [2.75, 3.05) is 6.54 Å². The zero-order chi connectivity index (χ0) is 12.0. The summed E-state index contributed by atoms with van der Waals surface area (Å²) in [7, 11) is 0. The lowest BCUT2D eigenvalue weighted by atomic mass is 9.65. The fourth-order valence-corrected chi connectivity index (χ4v) is 3.14. The molecule has 0 radical (unpaired) electrons. The molecule has 1 heteroatoms. The Labute approximate surface area is 102 Å². The van der Waals surface area contributed by atoms with Crippen molar-refractivity contribution in [2.24, 2.45) is 11.3 Å². The molecule has 0 aromatic rings. The molecule has 0 aromatic heterocycles. The van der Waals surface area contributed by atoms with Gasteiger partial charge in [-0.25, -0.2) is 0 Å². The molecule has 1 aliphatic rings. The molecular weight excluding hydrogens is 194 g/mol. The van der Waals surface area contributed by atoms with Crippen LogP contribution in [0.5, 0.6) is 0 Å². The van der Waals surface area contributed by atoms with Crippen LogP contribution in [0.1, 0.15) is 72.6 Å². The van der Waals surface area contributed by atoms with Crippen LogP contribution < -0.4 is 5.32 Å². The molecule has 1 N–H and O–H groups in total. The molecule has 1 rings (SSSR count). The molecule has 0 spiro atoms. The maximum Gasteiger partial charge on any atom is 0.00669 e. The second-order valence-electron chi connectivity index (χ2n) is 6.27. The van der Waals surface area contributed by atoms with Crippen molar-refractivity contribution in [3.8, 4) is 0 Å². The van der Waals surface area contributed by atoms with Gasteiger partial charge < -0.3 is 5.32 Å². The Bertz CT molecular complexity index is 184. The minimum atomic E-state index is 0.697. The quantitative estimate of drug-likeness (QED) is 0.647. The largest absolute Gasteiger partial charge is 0.314 e. The maximum absolute atomic E-state index is 3.67. The third kappa shape index (κ3) is 4.45. The van der Waals surface area contributed by atoms with Gasteiger partial charge in [0.1, 0.15) is 0 Å². The Balaban J connectivity index is 2.22. The number of hydrogen-bond acceptors (Lipinski definition) is 1. The van der Waals surface area contributed by atoms with E-state index >= 15 is 0 Å². The summed E-state index contributed by atoms with van der Waals surface area (Å²) in [6.45, 7) is 10.7. The van der Waals surface area contributed by atoms with Gasteiger partial charge in [-0.1, -0.05) is 34.1 Å². The van der Waals surface area contributed by atoms with Crippen LogP contribution in [0.3, 0.4) is 0 Å². The molecular formula is C15H31N. The molecule has 1 aliphatic carbocycles. The normalized spacial score (nSPS) is 22.5. The third-order valence-electron chi connectivity index (χ3n) is 4.26. The van der Waals surface area contributed by atoms with E-state index in [1.807, 2.05) is 0 Å². The molecule has 2 unspecified atom stereocenters. The highest BCUT2D eigenvalue weighted by molar-refractivity contribution is 4.85. The molecule has 2 atom stereocenters. The Morgan fingerprint density at radius 1 is 1.25 bits per heavy atom. The maximum atomic E-state index is 3.67. The van der Waals surface area contributed by atoms with Crippen molar-refractivity contribution in [2.45, 2.75) is 78.7 Å². The SMILES string of the molecule is CCCNC(CC)CC(C)CC1(C)CCC1. The first-order chi connectivity index (χ1) is 7.59. The Hall–Kier alpha value is -0.0400. The van der Waals surface area contributed by atoms with E-state index in [4.69, 9.17) is 0 Å². The highest BCUT2D eigenvalue weighted by Gasteiger charge is 2.33. The van der Waals surface area contributed by atoms with Gasteiger partial charge in [0.2, 0.25) is 0 Å². The van der Waals surface area contributed by atoms with Crippen molar-refractivity contribution in [3.05, 3.63) is 0 Å². The van der Waals surface area contributed by atoms with Gasteiger partial charge in [0.15, 0.2) is 0 Å². The standard InChI is InChI=1S/C15H31N/c1-5-10-16-14(6-2)11-13(3)12-15(4)8-7-9-15/h13-14,16H,5-12H2,1-4H3. The molecule has 0 amide bonds. The van der Waals surface area contributed by atoms with E-state index in [0.29, 0.717) is 5.41 Å². The number of hydrogen-bond donors (Lipinski definition) is 1. The fourth-order valence-electron chi connectivity index (χ4n) is 3.14. The van der Waals surface area contributed by atoms with E-state index in [1.54, 1.807) is 0 Å². The van der Waals surface area contributed by atoms with Crippen molar-refractivity contribution in [1.82, 2.24) is 5.32 Å². The first-order valence-electron chi connectivity index (χ1n) is 7.33. The van der Waals surface area contributed by atoms with E-state index in [2.05, 4.69) is 33.0 Å². The molecule has 1 nitrogen and oxygen atoms in total. The summed E-state index contributed by atoms with van der Waals surface area (Å²) in [5.74, 6) is 0.889. The second kappa shape index (κ2) is 6.64. The Kier molecular flexibility index (Phi) is 5.82. The second-order valence-corrected chi connectivity index (χ2v) is 6.27. The molecule has 0 heterocycles. The van der Waals surface area contributed by atoms with Crippen LogP contribution in [-0.4, -0.2) is 12.6 Å². The summed E-state index contributed by atoms with van der Waals surface area (Å²) < 4.78 is 0. The van der Waals surface area contributed by atoms with E-state index in [1.165, 1.54) is 51.5 Å². The van der Waals surface area contributed by atoms with E-state index in [9.17, 15) is 0 Å². The minimum absolute atomic E-state index is 0.697. The zero-order valence-corrected chi connectivity index (χ0v) is 11.8. The summed E-state index contributed by atoms with van der Waals surface area (Å²) in [5.41, 5.74) is 0.697. The van der Waals surface area contributed by atoms with Crippen molar-refractivity contribution in [3.63, 3.8) is 0 Å². The van der Waals surface area contributed by atoms with E-state index in [0.717, 1.165) is 12.0 Å². The third-order valence-corrected chi connectivity index (χ3v) is 4.26. The van der Waals surface area contributed by atoms with Gasteiger partial charge in [0, 0.05) is 6.04 Å². The van der Waals surface area contributed by atoms with Gasteiger partial charge >= 0.3 is 0 Å². The fraction of sp³-hybridized carbons (Fsp3) is 1.00. The molecule has 0 saturated heterocycles. The van der Waals surface area contributed by atoms with E-state index < -0.39 is 0 Å². The topological polar surface area (TPSA) is 12.0 Å². The summed E-state index contributed by atoms with van der Waals surface area (Å²) in [5, 5.41) is 3.67. The number of rotatable bonds is 8. The first-order valence-corrected chi connectivity index (χ1v) is 7.33. The van der Waals surface area contributed by atoms with E-state index in [-0.39, 0.29) is 0 Å². The zero-order valence-electron chi connectivity index (χ0n) is 11.8. The van der Waals surface area contributed by atoms with Gasteiger partial charge in [-0.3, -0.25) is 0 Å². The Morgan fingerprint density at radius 3 is 2.38 bits per heavy atom. The molecule has 0 bridgehead atoms. The van der Waals surface area contributed by atoms with Crippen LogP contribution in [-0.2, 0) is 0 Å². The van der Waals surface area contributed by atoms with Crippen LogP contribution >= 0.6 is 0 Å². The lowest BCUT2D eigenvalue weighted by molar-refractivity contribution is 0.115. The highest BCUT2D eigenvalue weighted by atomic mass is 14.9. The highest BCUT2D eigenvalue weighted by Crippen LogP contribution is 2.45. The average molecular weight is 225 g/mol. The summed E-state index contributed by atoms with van der Waals surface area (Å²) in [4.78, 5) is 0. The van der Waals surface area contributed by atoms with Gasteiger partial charge in [0.25, 0.3) is 0 Å². The predicted octanol–water partition coefficient (Wildman–Crippen LogP) is 4.37. The lowest BCUT2D eigenvalue weighted by Crippen LogP contribution is -2.33. The van der Waals surface area contributed by atoms with Crippen LogP contribution in [0.25, 0.3) is 0 Å². The van der Waals surface area contributed by atoms with Crippen LogP contribution in [0.15, 0.2) is 0 Å². The van der Waals surface area contributed by atoms with Crippen LogP contribution in [0, 0.1) is 11.3 Å². The molecule has 1 saturated carbocycles. The van der Waals surface area contributed by atoms with Crippen LogP contribution in [0.2, 0.25) is 0 Å². The predicted molar refractivity (Wildman–Crippen MR) is 72.7 cm³/mol. The van der Waals surface area contributed by atoms with Crippen molar-refractivity contribution >= 4 is 0 Å². The molecule has 0 aromatic carbocycles. The van der Waals surface area contributed by atoms with Gasteiger partial charge in [-0.05, 0) is 56.4 Å². The van der Waals surface area contributed by atoms with Gasteiger partial charge in [-0.2, -0.15) is 0 Å². The Morgan fingerprint density at radius 2 is 1.94 bits per heavy atom. The average Bonchev–Trinajstić information content (AvgIpc) is 2.21. The molecule has 0 aliphatic heterocycles. The minimum Gasteiger partial charge on any atom is -0.314 e. The first kappa shape index (κ1) is 14.0. The monoisotopic (exact) mass is 225 g/mol. The van der Waals surface area contributed by atoms with Crippen LogP contribution in [0.4, 0.5) is 0 Å². The summed E-state index contributed by atoms with van der Waals surface area (Å²) in [6, 6.07) is 0.749. The smallest absolute Gasteiger partial charge is 0.00669 e. The molecule has 16 heavy (non-hydrogen) atoms. The van der Waals surface area contributed by atoms with Gasteiger partial charge in [-0.15, -0.1) is 0 Å². The molecule has 1 fully saturated rings. The summed E-state index contributed by atoms with van der Waals surface area (Å²) in [6.07, 6.45) is 9.74. The van der Waals surface area contributed by atoms with Crippen molar-refractivity contribution in [1.29, 1.82) is 0 Å². The number of nitrogens with one attached hydrogen (secondary N) is 1. The van der Waals surface area contributed by atoms with Crippen molar-refractivity contribution < 1.29 is 0 Å². The summed E-state index contributed by atoms with van der Waals surface area (Å²) >= 11 is 0. The lowest BCUT2D eigenvalue weighted by Gasteiger charge is -2.41. The molecule has 96 valence electrons. The van der Waals surface area contributed by atoms with Gasteiger partial charge in [0.05, 0.1) is 0 Å².